The zero-order chi connectivity index (χ0) is 27.0. The molecule has 0 spiro atoms. The van der Waals surface area contributed by atoms with Crippen molar-refractivity contribution in [2.45, 2.75) is 17.0 Å². The van der Waals surface area contributed by atoms with Crippen LogP contribution in [0.2, 0.25) is 10.0 Å². The van der Waals surface area contributed by atoms with Gasteiger partial charge >= 0.3 is 0 Å². The lowest BCUT2D eigenvalue weighted by Crippen LogP contribution is -2.16. The molecule has 9 nitrogen and oxygen atoms in total. The van der Waals surface area contributed by atoms with Gasteiger partial charge in [0, 0.05) is 28.4 Å². The van der Waals surface area contributed by atoms with Crippen molar-refractivity contribution in [2.75, 3.05) is 11.1 Å². The summed E-state index contributed by atoms with van der Waals surface area (Å²) in [6, 6.07) is 18.1. The minimum atomic E-state index is -4.01. The lowest BCUT2D eigenvalue weighted by Gasteiger charge is -2.12. The van der Waals surface area contributed by atoms with Crippen LogP contribution in [0.5, 0.6) is 0 Å². The Balaban J connectivity index is 1.45. The number of aromatic amines is 1. The van der Waals surface area contributed by atoms with Crippen molar-refractivity contribution in [3.8, 4) is 17.1 Å². The molecular weight excluding hydrogens is 567 g/mol. The van der Waals surface area contributed by atoms with Gasteiger partial charge in [-0.1, -0.05) is 65.3 Å². The molecular formula is C25H20Cl2N6O3S2. The average Bonchev–Trinajstić information content (AvgIpc) is 3.48. The molecule has 13 heteroatoms. The molecule has 0 radical (unpaired) electrons. The molecule has 0 aliphatic heterocycles. The second-order valence-electron chi connectivity index (χ2n) is 8.37. The second kappa shape index (κ2) is 10.4. The molecule has 38 heavy (non-hydrogen) atoms. The van der Waals surface area contributed by atoms with Crippen LogP contribution < -0.4 is 10.5 Å². The summed E-state index contributed by atoms with van der Waals surface area (Å²) < 4.78 is 25.1. The Labute approximate surface area is 232 Å². The van der Waals surface area contributed by atoms with Gasteiger partial charge in [0.05, 0.1) is 26.4 Å². The first-order chi connectivity index (χ1) is 18.1. The number of rotatable bonds is 7. The van der Waals surface area contributed by atoms with Crippen molar-refractivity contribution in [3.63, 3.8) is 0 Å². The normalized spacial score (nSPS) is 11.7. The number of carbonyl (C=O) groups excluding carboxylic acids is 1. The molecule has 0 atom stereocenters. The maximum atomic E-state index is 12.8. The molecule has 2 heterocycles. The Morgan fingerprint density at radius 3 is 2.53 bits per heavy atom. The van der Waals surface area contributed by atoms with Gasteiger partial charge in [-0.2, -0.15) is 0 Å². The molecule has 0 saturated carbocycles. The number of hydrogen-bond donors (Lipinski definition) is 3. The minimum Gasteiger partial charge on any atom is -0.360 e. The molecule has 0 unspecified atom stereocenters. The van der Waals surface area contributed by atoms with E-state index in [2.05, 4.69) is 20.5 Å². The lowest BCUT2D eigenvalue weighted by atomic mass is 10.1. The number of carbonyl (C=O) groups is 1. The maximum absolute atomic E-state index is 12.8. The number of H-pyrrole nitrogens is 1. The van der Waals surface area contributed by atoms with Crippen molar-refractivity contribution < 1.29 is 13.2 Å². The summed E-state index contributed by atoms with van der Waals surface area (Å²) in [5, 5.41) is 18.0. The Morgan fingerprint density at radius 2 is 1.82 bits per heavy atom. The van der Waals surface area contributed by atoms with Crippen LogP contribution in [0.3, 0.4) is 0 Å². The molecule has 4 N–H and O–H groups in total. The maximum Gasteiger partial charge on any atom is 0.238 e. The summed E-state index contributed by atoms with van der Waals surface area (Å²) in [7, 11) is -4.01. The highest BCUT2D eigenvalue weighted by molar-refractivity contribution is 7.99. The van der Waals surface area contributed by atoms with Crippen molar-refractivity contribution in [1.82, 2.24) is 19.7 Å². The molecule has 0 fully saturated rings. The number of benzene rings is 3. The third kappa shape index (κ3) is 5.29. The van der Waals surface area contributed by atoms with E-state index in [9.17, 15) is 13.2 Å². The molecule has 0 aliphatic carbocycles. The van der Waals surface area contributed by atoms with E-state index in [1.54, 1.807) is 0 Å². The Bertz CT molecular complexity index is 1780. The number of nitrogens with two attached hydrogens (primary N) is 1. The van der Waals surface area contributed by atoms with Crippen LogP contribution in [0.25, 0.3) is 28.0 Å². The van der Waals surface area contributed by atoms with E-state index in [-0.39, 0.29) is 26.4 Å². The van der Waals surface area contributed by atoms with Gasteiger partial charge in [-0.05, 0) is 42.8 Å². The number of fused-ring (bicyclic) bond motifs is 1. The van der Waals surface area contributed by atoms with E-state index in [0.717, 1.165) is 39.8 Å². The number of para-hydroxylation sites is 1. The fraction of sp³-hybridized carbons (Fsp3) is 0.0800. The van der Waals surface area contributed by atoms with E-state index in [0.29, 0.717) is 11.0 Å². The summed E-state index contributed by atoms with van der Waals surface area (Å²) in [6.07, 6.45) is 1.89. The molecule has 0 bridgehead atoms. The number of aryl methyl sites for hydroxylation is 1. The number of sulfonamides is 1. The summed E-state index contributed by atoms with van der Waals surface area (Å²) in [4.78, 5) is 15.8. The van der Waals surface area contributed by atoms with Crippen LogP contribution in [0.15, 0.2) is 76.9 Å². The fourth-order valence-electron chi connectivity index (χ4n) is 3.93. The van der Waals surface area contributed by atoms with Crippen molar-refractivity contribution in [1.29, 1.82) is 0 Å². The average molecular weight is 588 g/mol. The first kappa shape index (κ1) is 26.3. The van der Waals surface area contributed by atoms with E-state index >= 15 is 0 Å². The van der Waals surface area contributed by atoms with Gasteiger partial charge in [0.15, 0.2) is 11.0 Å². The summed E-state index contributed by atoms with van der Waals surface area (Å²) in [6.45, 7) is 1.99. The molecule has 5 aromatic rings. The minimum absolute atomic E-state index is 0.0402. The van der Waals surface area contributed by atoms with Crippen LogP contribution in [0, 0.1) is 6.92 Å². The van der Waals surface area contributed by atoms with Gasteiger partial charge in [0.2, 0.25) is 15.9 Å². The number of halogens is 2. The van der Waals surface area contributed by atoms with Crippen LogP contribution in [-0.4, -0.2) is 39.8 Å². The zero-order valence-corrected chi connectivity index (χ0v) is 22.9. The highest BCUT2D eigenvalue weighted by atomic mass is 35.5. The molecule has 2 aromatic heterocycles. The fourth-order valence-corrected chi connectivity index (χ4v) is 5.96. The Morgan fingerprint density at radius 1 is 1.08 bits per heavy atom. The summed E-state index contributed by atoms with van der Waals surface area (Å²) >= 11 is 13.5. The van der Waals surface area contributed by atoms with Crippen LogP contribution in [-0.2, 0) is 14.8 Å². The van der Waals surface area contributed by atoms with Crippen LogP contribution in [0.4, 0.5) is 5.69 Å². The molecule has 194 valence electrons. The third-order valence-corrected chi connectivity index (χ3v) is 8.08. The first-order valence-corrected chi connectivity index (χ1v) is 14.4. The number of primary sulfonamides is 1. The second-order valence-corrected chi connectivity index (χ2v) is 11.7. The topological polar surface area (TPSA) is 136 Å². The highest BCUT2D eigenvalue weighted by Gasteiger charge is 2.21. The van der Waals surface area contributed by atoms with E-state index < -0.39 is 15.9 Å². The number of amides is 1. The molecule has 5 rings (SSSR count). The molecule has 0 saturated heterocycles. The van der Waals surface area contributed by atoms with Crippen LogP contribution in [0.1, 0.15) is 5.56 Å². The third-order valence-electron chi connectivity index (χ3n) is 5.66. The standard InChI is InChI=1S/C25H20Cl2N6O3S2/c1-14-5-4-6-15(9-14)33-24(18-12-29-21-8-3-2-7-17(18)21)31-32-25(33)37-13-22(34)30-23-19(26)10-16(11-20(23)27)38(28,35)36/h2-12,29H,13H2,1H3,(H,30,34)(H2,28,35,36). The smallest absolute Gasteiger partial charge is 0.238 e. The number of nitrogens with one attached hydrogen (secondary N) is 2. The van der Waals surface area contributed by atoms with Gasteiger partial charge in [0.1, 0.15) is 0 Å². The predicted octanol–water partition coefficient (Wildman–Crippen LogP) is 5.41. The van der Waals surface area contributed by atoms with Crippen molar-refractivity contribution >= 4 is 67.5 Å². The molecule has 0 aliphatic rings. The number of aromatic nitrogens is 4. The summed E-state index contributed by atoms with van der Waals surface area (Å²) in [5.74, 6) is 0.164. The van der Waals surface area contributed by atoms with Gasteiger partial charge < -0.3 is 10.3 Å². The number of thioether (sulfide) groups is 1. The van der Waals surface area contributed by atoms with Gasteiger partial charge in [-0.25, -0.2) is 13.6 Å². The highest BCUT2D eigenvalue weighted by Crippen LogP contribution is 2.35. The number of hydrogen-bond acceptors (Lipinski definition) is 6. The zero-order valence-electron chi connectivity index (χ0n) is 19.8. The Kier molecular flexibility index (Phi) is 7.21. The number of nitrogens with zero attached hydrogens (tertiary/aromatic N) is 3. The van der Waals surface area contributed by atoms with E-state index in [4.69, 9.17) is 28.3 Å². The van der Waals surface area contributed by atoms with Gasteiger partial charge in [0.25, 0.3) is 0 Å². The predicted molar refractivity (Wildman–Crippen MR) is 151 cm³/mol. The van der Waals surface area contributed by atoms with Crippen molar-refractivity contribution in [2.24, 2.45) is 5.14 Å². The van der Waals surface area contributed by atoms with Crippen LogP contribution >= 0.6 is 35.0 Å². The van der Waals surface area contributed by atoms with Gasteiger partial charge in [-0.3, -0.25) is 9.36 Å². The monoisotopic (exact) mass is 586 g/mol. The summed E-state index contributed by atoms with van der Waals surface area (Å²) in [5.41, 5.74) is 3.84. The quantitative estimate of drug-likeness (QED) is 0.218. The van der Waals surface area contributed by atoms with E-state index in [1.807, 2.05) is 66.2 Å². The first-order valence-electron chi connectivity index (χ1n) is 11.2. The SMILES string of the molecule is Cc1cccc(-n2c(SCC(=O)Nc3c(Cl)cc(S(N)(=O)=O)cc3Cl)nnc2-c2c[nH]c3ccccc23)c1. The largest absolute Gasteiger partial charge is 0.360 e. The van der Waals surface area contributed by atoms with Crippen molar-refractivity contribution in [3.05, 3.63) is 82.5 Å². The molecule has 1 amide bonds. The number of anilines is 1. The molecule has 3 aromatic carbocycles. The van der Waals surface area contributed by atoms with Gasteiger partial charge in [-0.15, -0.1) is 10.2 Å². The Hall–Kier alpha value is -3.35. The van der Waals surface area contributed by atoms with E-state index in [1.165, 1.54) is 11.8 Å². The lowest BCUT2D eigenvalue weighted by molar-refractivity contribution is -0.113.